The summed E-state index contributed by atoms with van der Waals surface area (Å²) in [7, 11) is -3.62. The fourth-order valence-corrected chi connectivity index (χ4v) is 3.39. The van der Waals surface area contributed by atoms with Gasteiger partial charge in [0.05, 0.1) is 23.3 Å². The quantitative estimate of drug-likeness (QED) is 0.296. The number of fused-ring (bicyclic) bond motifs is 1. The molecule has 3 heterocycles. The molecule has 28 heavy (non-hydrogen) atoms. The van der Waals surface area contributed by atoms with Crippen molar-refractivity contribution in [3.05, 3.63) is 65.6 Å². The number of hydrogen-bond donors (Lipinski definition) is 0. The average Bonchev–Trinajstić information content (AvgIpc) is 3.05. The Morgan fingerprint density at radius 1 is 1.14 bits per heavy atom. The molecule has 0 bridgehead atoms. The van der Waals surface area contributed by atoms with Crippen LogP contribution in [0.5, 0.6) is 0 Å². The predicted octanol–water partition coefficient (Wildman–Crippen LogP) is 1.94. The Morgan fingerprint density at radius 3 is 2.54 bits per heavy atom. The van der Waals surface area contributed by atoms with E-state index in [0.29, 0.717) is 38.7 Å². The number of aromatic nitrogens is 5. The number of aryl methyl sites for hydroxylation is 1. The molecule has 0 fully saturated rings. The lowest BCUT2D eigenvalue weighted by Crippen LogP contribution is -2.30. The van der Waals surface area contributed by atoms with E-state index in [1.165, 1.54) is 30.7 Å². The molecular weight excluding hydrogens is 385 g/mol. The monoisotopic (exact) mass is 399 g/mol. The van der Waals surface area contributed by atoms with Crippen LogP contribution >= 0.6 is 0 Å². The molecule has 8 nitrogen and oxygen atoms in total. The molecule has 4 aromatic rings. The number of nitrogens with zero attached hydrogens (tertiary/aromatic N) is 5. The van der Waals surface area contributed by atoms with Gasteiger partial charge in [0.2, 0.25) is 26.3 Å². The van der Waals surface area contributed by atoms with Crippen molar-refractivity contribution in [1.29, 1.82) is 0 Å². The van der Waals surface area contributed by atoms with Crippen LogP contribution in [0.1, 0.15) is 5.69 Å². The van der Waals surface area contributed by atoms with Crippen LogP contribution in [0.2, 0.25) is 0 Å². The maximum Gasteiger partial charge on any atom is 0.247 e. The fourth-order valence-electron chi connectivity index (χ4n) is 2.88. The highest BCUT2D eigenvalue weighted by molar-refractivity contribution is 7.90. The van der Waals surface area contributed by atoms with Crippen LogP contribution in [0.4, 0.5) is 4.39 Å². The van der Waals surface area contributed by atoms with E-state index in [9.17, 15) is 18.0 Å². The van der Waals surface area contributed by atoms with Crippen molar-refractivity contribution in [2.24, 2.45) is 0 Å². The number of imidazole rings is 1. The SMILES string of the molecule is Cc1c2nc(-c3ccc(F)cc3)c(-c3ccnc(S(C)(=O)=O)n3)n2cc[n+]1[O-]. The van der Waals surface area contributed by atoms with E-state index in [0.717, 1.165) is 6.26 Å². The van der Waals surface area contributed by atoms with Crippen LogP contribution in [-0.4, -0.2) is 34.0 Å². The van der Waals surface area contributed by atoms with Gasteiger partial charge in [-0.2, -0.15) is 4.73 Å². The van der Waals surface area contributed by atoms with E-state index >= 15 is 0 Å². The summed E-state index contributed by atoms with van der Waals surface area (Å²) >= 11 is 0. The van der Waals surface area contributed by atoms with Gasteiger partial charge >= 0.3 is 0 Å². The van der Waals surface area contributed by atoms with Crippen LogP contribution in [0.15, 0.2) is 54.1 Å². The van der Waals surface area contributed by atoms with Gasteiger partial charge in [-0.3, -0.25) is 4.40 Å². The van der Waals surface area contributed by atoms with Gasteiger partial charge in [0.15, 0.2) is 6.20 Å². The van der Waals surface area contributed by atoms with E-state index in [1.807, 2.05) is 0 Å². The summed E-state index contributed by atoms with van der Waals surface area (Å²) < 4.78 is 39.5. The molecule has 1 aromatic carbocycles. The van der Waals surface area contributed by atoms with Crippen LogP contribution in [0, 0.1) is 17.9 Å². The fraction of sp³-hybridized carbons (Fsp3) is 0.111. The first-order chi connectivity index (χ1) is 13.3. The van der Waals surface area contributed by atoms with Gasteiger partial charge < -0.3 is 5.21 Å². The number of benzene rings is 1. The van der Waals surface area contributed by atoms with E-state index in [4.69, 9.17) is 0 Å². The molecule has 142 valence electrons. The van der Waals surface area contributed by atoms with E-state index in [-0.39, 0.29) is 5.16 Å². The zero-order valence-electron chi connectivity index (χ0n) is 14.9. The van der Waals surface area contributed by atoms with Gasteiger partial charge in [-0.15, -0.1) is 0 Å². The third-order valence-corrected chi connectivity index (χ3v) is 5.10. The van der Waals surface area contributed by atoms with E-state index in [2.05, 4.69) is 15.0 Å². The van der Waals surface area contributed by atoms with Crippen molar-refractivity contribution < 1.29 is 17.5 Å². The summed E-state index contributed by atoms with van der Waals surface area (Å²) in [5.41, 5.74) is 2.55. The van der Waals surface area contributed by atoms with Crippen molar-refractivity contribution in [1.82, 2.24) is 19.4 Å². The van der Waals surface area contributed by atoms with Crippen molar-refractivity contribution in [3.8, 4) is 22.6 Å². The number of rotatable bonds is 3. The van der Waals surface area contributed by atoms with Crippen molar-refractivity contribution in [2.75, 3.05) is 6.26 Å². The zero-order chi connectivity index (χ0) is 20.1. The lowest BCUT2D eigenvalue weighted by atomic mass is 10.1. The molecular formula is C18H14FN5O3S. The summed E-state index contributed by atoms with van der Waals surface area (Å²) in [6.45, 7) is 1.62. The Balaban J connectivity index is 2.08. The first-order valence-corrected chi connectivity index (χ1v) is 10.0. The van der Waals surface area contributed by atoms with Crippen molar-refractivity contribution >= 4 is 15.5 Å². The van der Waals surface area contributed by atoms with Crippen LogP contribution in [0.3, 0.4) is 0 Å². The van der Waals surface area contributed by atoms with Gasteiger partial charge in [-0.25, -0.2) is 27.8 Å². The van der Waals surface area contributed by atoms with Crippen molar-refractivity contribution in [3.63, 3.8) is 0 Å². The summed E-state index contributed by atoms with van der Waals surface area (Å²) in [5.74, 6) is -0.399. The Hall–Kier alpha value is -3.40. The Morgan fingerprint density at radius 2 is 1.86 bits per heavy atom. The molecule has 4 rings (SSSR count). The maximum absolute atomic E-state index is 13.4. The van der Waals surface area contributed by atoms with Gasteiger partial charge in [-0.1, -0.05) is 0 Å². The van der Waals surface area contributed by atoms with Crippen molar-refractivity contribution in [2.45, 2.75) is 12.1 Å². The largest absolute Gasteiger partial charge is 0.618 e. The summed E-state index contributed by atoms with van der Waals surface area (Å²) in [6.07, 6.45) is 5.20. The summed E-state index contributed by atoms with van der Waals surface area (Å²) in [5, 5.41) is 11.6. The number of hydrogen-bond acceptors (Lipinski definition) is 6. The highest BCUT2D eigenvalue weighted by Gasteiger charge is 2.22. The van der Waals surface area contributed by atoms with Gasteiger partial charge in [0.25, 0.3) is 0 Å². The molecule has 0 aliphatic rings. The standard InChI is InChI=1S/C18H14FN5O3S/c1-11-17-22-15(12-3-5-13(19)6-4-12)16(23(17)9-10-24(11)25)14-7-8-20-18(21-14)28(2,26)27/h3-10H,1-2H3. The Kier molecular flexibility index (Phi) is 4.07. The molecule has 0 amide bonds. The summed E-state index contributed by atoms with van der Waals surface area (Å²) in [6, 6.07) is 7.26. The first kappa shape index (κ1) is 18.0. The Labute approximate surface area is 159 Å². The molecule has 0 saturated carbocycles. The molecule has 0 saturated heterocycles. The Bertz CT molecular complexity index is 1320. The summed E-state index contributed by atoms with van der Waals surface area (Å²) in [4.78, 5) is 12.5. The molecule has 0 spiro atoms. The predicted molar refractivity (Wildman–Crippen MR) is 98.4 cm³/mol. The van der Waals surface area contributed by atoms with Gasteiger partial charge in [0, 0.05) is 24.9 Å². The van der Waals surface area contributed by atoms with Crippen LogP contribution in [-0.2, 0) is 9.84 Å². The zero-order valence-corrected chi connectivity index (χ0v) is 15.7. The number of sulfone groups is 1. The van der Waals surface area contributed by atoms with Gasteiger partial charge in [0.1, 0.15) is 5.82 Å². The van der Waals surface area contributed by atoms with Crippen LogP contribution < -0.4 is 4.73 Å². The minimum atomic E-state index is -3.62. The lowest BCUT2D eigenvalue weighted by Gasteiger charge is -2.07. The third kappa shape index (κ3) is 2.97. The topological polar surface area (TPSA) is 104 Å². The number of halogens is 1. The van der Waals surface area contributed by atoms with E-state index in [1.54, 1.807) is 29.5 Å². The molecule has 0 aliphatic heterocycles. The second-order valence-electron chi connectivity index (χ2n) is 6.22. The first-order valence-electron chi connectivity index (χ1n) is 8.16. The second-order valence-corrected chi connectivity index (χ2v) is 8.12. The van der Waals surface area contributed by atoms with Crippen LogP contribution in [0.25, 0.3) is 28.3 Å². The molecule has 10 heteroatoms. The average molecular weight is 399 g/mol. The molecule has 0 atom stereocenters. The molecule has 0 N–H and O–H groups in total. The molecule has 0 aliphatic carbocycles. The molecule has 0 unspecified atom stereocenters. The van der Waals surface area contributed by atoms with E-state index < -0.39 is 15.7 Å². The highest BCUT2D eigenvalue weighted by atomic mass is 32.2. The highest BCUT2D eigenvalue weighted by Crippen LogP contribution is 2.32. The third-order valence-electron chi connectivity index (χ3n) is 4.24. The minimum absolute atomic E-state index is 0.310. The molecule has 3 aromatic heterocycles. The smallest absolute Gasteiger partial charge is 0.247 e. The van der Waals surface area contributed by atoms with Gasteiger partial charge in [-0.05, 0) is 30.3 Å². The minimum Gasteiger partial charge on any atom is -0.618 e. The lowest BCUT2D eigenvalue weighted by molar-refractivity contribution is -0.611. The maximum atomic E-state index is 13.4. The second kappa shape index (κ2) is 6.34. The normalized spacial score (nSPS) is 11.8. The molecule has 0 radical (unpaired) electrons.